The summed E-state index contributed by atoms with van der Waals surface area (Å²) in [6.45, 7) is 4.61. The highest BCUT2D eigenvalue weighted by molar-refractivity contribution is 7.91. The van der Waals surface area contributed by atoms with Gasteiger partial charge in [-0.2, -0.15) is 4.31 Å². The van der Waals surface area contributed by atoms with Crippen molar-refractivity contribution in [2.45, 2.75) is 31.1 Å². The van der Waals surface area contributed by atoms with Gasteiger partial charge in [-0.1, -0.05) is 29.8 Å². The van der Waals surface area contributed by atoms with Crippen LogP contribution in [0, 0.1) is 13.8 Å². The standard InChI is InChI=1S/C15H20N2O2S2/c1-11-5-4-6-13(7-11)10-17(3)21(18,19)15-8-12(2)14(9-16)20-15/h4-8H,9-10,16H2,1-3H3. The molecule has 0 saturated carbocycles. The molecule has 6 heteroatoms. The van der Waals surface area contributed by atoms with Crippen LogP contribution in [0.1, 0.15) is 21.6 Å². The Labute approximate surface area is 130 Å². The maximum absolute atomic E-state index is 12.6. The van der Waals surface area contributed by atoms with Crippen molar-refractivity contribution < 1.29 is 8.42 Å². The Morgan fingerprint density at radius 3 is 2.52 bits per heavy atom. The molecular formula is C15H20N2O2S2. The van der Waals surface area contributed by atoms with E-state index < -0.39 is 10.0 Å². The first kappa shape index (κ1) is 16.2. The molecule has 0 radical (unpaired) electrons. The summed E-state index contributed by atoms with van der Waals surface area (Å²) in [5.74, 6) is 0. The SMILES string of the molecule is Cc1cccc(CN(C)S(=O)(=O)c2cc(C)c(CN)s2)c1. The van der Waals surface area contributed by atoms with Crippen LogP contribution in [0.2, 0.25) is 0 Å². The lowest BCUT2D eigenvalue weighted by Crippen LogP contribution is -2.25. The maximum Gasteiger partial charge on any atom is 0.252 e. The normalized spacial score (nSPS) is 12.0. The van der Waals surface area contributed by atoms with Crippen molar-refractivity contribution in [3.63, 3.8) is 0 Å². The number of hydrogen-bond acceptors (Lipinski definition) is 4. The van der Waals surface area contributed by atoms with Gasteiger partial charge in [0.15, 0.2) is 0 Å². The van der Waals surface area contributed by atoms with Crippen LogP contribution in [0.25, 0.3) is 0 Å². The summed E-state index contributed by atoms with van der Waals surface area (Å²) in [6.07, 6.45) is 0. The van der Waals surface area contributed by atoms with E-state index in [1.54, 1.807) is 13.1 Å². The summed E-state index contributed by atoms with van der Waals surface area (Å²) in [6, 6.07) is 9.57. The van der Waals surface area contributed by atoms with Crippen molar-refractivity contribution in [1.29, 1.82) is 0 Å². The number of aryl methyl sites for hydroxylation is 2. The van der Waals surface area contributed by atoms with Crippen molar-refractivity contribution in [1.82, 2.24) is 4.31 Å². The van der Waals surface area contributed by atoms with E-state index in [9.17, 15) is 8.42 Å². The predicted octanol–water partition coefficient (Wildman–Crippen LogP) is 2.64. The third-order valence-electron chi connectivity index (χ3n) is 3.34. The van der Waals surface area contributed by atoms with Gasteiger partial charge in [-0.05, 0) is 31.0 Å². The smallest absolute Gasteiger partial charge is 0.252 e. The number of hydrogen-bond donors (Lipinski definition) is 1. The molecule has 1 aromatic heterocycles. The predicted molar refractivity (Wildman–Crippen MR) is 86.8 cm³/mol. The Bertz CT molecular complexity index is 736. The Morgan fingerprint density at radius 1 is 1.24 bits per heavy atom. The maximum atomic E-state index is 12.6. The molecule has 1 heterocycles. The molecule has 0 amide bonds. The molecule has 2 rings (SSSR count). The van der Waals surface area contributed by atoms with Gasteiger partial charge in [0.1, 0.15) is 4.21 Å². The average Bonchev–Trinajstić information content (AvgIpc) is 2.80. The molecule has 1 aromatic carbocycles. The number of thiophene rings is 1. The summed E-state index contributed by atoms with van der Waals surface area (Å²) in [7, 11) is -1.86. The molecule has 0 unspecified atom stereocenters. The molecule has 0 bridgehead atoms. The van der Waals surface area contributed by atoms with Crippen LogP contribution in [0.4, 0.5) is 0 Å². The van der Waals surface area contributed by atoms with Gasteiger partial charge in [0.05, 0.1) is 0 Å². The average molecular weight is 324 g/mol. The molecule has 0 aliphatic rings. The van der Waals surface area contributed by atoms with E-state index in [1.807, 2.05) is 38.1 Å². The molecular weight excluding hydrogens is 304 g/mol. The quantitative estimate of drug-likeness (QED) is 0.919. The minimum Gasteiger partial charge on any atom is -0.326 e. The van der Waals surface area contributed by atoms with Crippen molar-refractivity contribution in [2.75, 3.05) is 7.05 Å². The molecule has 2 N–H and O–H groups in total. The summed E-state index contributed by atoms with van der Waals surface area (Å²) in [5, 5.41) is 0. The third-order valence-corrected chi connectivity index (χ3v) is 6.85. The first-order valence-electron chi connectivity index (χ1n) is 6.66. The van der Waals surface area contributed by atoms with Crippen LogP contribution in [-0.4, -0.2) is 19.8 Å². The number of rotatable bonds is 5. The molecule has 4 nitrogen and oxygen atoms in total. The molecule has 0 saturated heterocycles. The van der Waals surface area contributed by atoms with Crippen molar-refractivity contribution in [2.24, 2.45) is 5.73 Å². The minimum atomic E-state index is -3.47. The first-order valence-corrected chi connectivity index (χ1v) is 8.91. The van der Waals surface area contributed by atoms with Gasteiger partial charge in [-0.15, -0.1) is 11.3 Å². The van der Waals surface area contributed by atoms with E-state index in [0.29, 0.717) is 17.3 Å². The lowest BCUT2D eigenvalue weighted by Gasteiger charge is -2.16. The lowest BCUT2D eigenvalue weighted by atomic mass is 10.1. The second-order valence-corrected chi connectivity index (χ2v) is 8.53. The van der Waals surface area contributed by atoms with Crippen molar-refractivity contribution >= 4 is 21.4 Å². The van der Waals surface area contributed by atoms with Crippen molar-refractivity contribution in [3.05, 3.63) is 51.9 Å². The van der Waals surface area contributed by atoms with E-state index in [2.05, 4.69) is 0 Å². The number of nitrogens with zero attached hydrogens (tertiary/aromatic N) is 1. The van der Waals surface area contributed by atoms with E-state index in [1.165, 1.54) is 15.6 Å². The zero-order chi connectivity index (χ0) is 15.6. The van der Waals surface area contributed by atoms with E-state index in [4.69, 9.17) is 5.73 Å². The molecule has 0 fully saturated rings. The fourth-order valence-corrected chi connectivity index (χ4v) is 4.96. The topological polar surface area (TPSA) is 63.4 Å². The second-order valence-electron chi connectivity index (χ2n) is 5.13. The summed E-state index contributed by atoms with van der Waals surface area (Å²) in [5.41, 5.74) is 8.66. The highest BCUT2D eigenvalue weighted by Crippen LogP contribution is 2.28. The highest BCUT2D eigenvalue weighted by Gasteiger charge is 2.24. The van der Waals surface area contributed by atoms with Crippen LogP contribution in [-0.2, 0) is 23.1 Å². The van der Waals surface area contributed by atoms with Crippen LogP contribution in [0.15, 0.2) is 34.5 Å². The van der Waals surface area contributed by atoms with Gasteiger partial charge in [-0.3, -0.25) is 0 Å². The summed E-state index contributed by atoms with van der Waals surface area (Å²) in [4.78, 5) is 0.914. The number of sulfonamides is 1. The Morgan fingerprint density at radius 2 is 1.95 bits per heavy atom. The van der Waals surface area contributed by atoms with E-state index in [-0.39, 0.29) is 0 Å². The molecule has 0 spiro atoms. The molecule has 0 aliphatic carbocycles. The third kappa shape index (κ3) is 3.52. The minimum absolute atomic E-state index is 0.357. The fraction of sp³-hybridized carbons (Fsp3) is 0.333. The number of nitrogens with two attached hydrogens (primary N) is 1. The molecule has 21 heavy (non-hydrogen) atoms. The Hall–Kier alpha value is -1.21. The fourth-order valence-electron chi connectivity index (χ4n) is 2.12. The highest BCUT2D eigenvalue weighted by atomic mass is 32.2. The largest absolute Gasteiger partial charge is 0.326 e. The van der Waals surface area contributed by atoms with Crippen molar-refractivity contribution in [3.8, 4) is 0 Å². The second kappa shape index (κ2) is 6.27. The molecule has 2 aromatic rings. The molecule has 0 atom stereocenters. The van der Waals surface area contributed by atoms with Crippen LogP contribution in [0.3, 0.4) is 0 Å². The number of benzene rings is 1. The van der Waals surface area contributed by atoms with Gasteiger partial charge in [-0.25, -0.2) is 8.42 Å². The zero-order valence-corrected chi connectivity index (χ0v) is 14.1. The lowest BCUT2D eigenvalue weighted by molar-refractivity contribution is 0.468. The van der Waals surface area contributed by atoms with E-state index >= 15 is 0 Å². The molecule has 114 valence electrons. The van der Waals surface area contributed by atoms with Gasteiger partial charge < -0.3 is 5.73 Å². The van der Waals surface area contributed by atoms with Crippen LogP contribution < -0.4 is 5.73 Å². The van der Waals surface area contributed by atoms with Gasteiger partial charge in [0, 0.05) is 25.0 Å². The van der Waals surface area contributed by atoms with Crippen LogP contribution >= 0.6 is 11.3 Å². The van der Waals surface area contributed by atoms with E-state index in [0.717, 1.165) is 21.6 Å². The summed E-state index contributed by atoms with van der Waals surface area (Å²) < 4.78 is 26.9. The molecule has 0 aliphatic heterocycles. The monoisotopic (exact) mass is 324 g/mol. The van der Waals surface area contributed by atoms with Gasteiger partial charge in [0.2, 0.25) is 0 Å². The van der Waals surface area contributed by atoms with Gasteiger partial charge >= 0.3 is 0 Å². The zero-order valence-electron chi connectivity index (χ0n) is 12.5. The van der Waals surface area contributed by atoms with Gasteiger partial charge in [0.25, 0.3) is 10.0 Å². The first-order chi connectivity index (χ1) is 9.84. The Kier molecular flexibility index (Phi) is 4.83. The Balaban J connectivity index is 2.26. The summed E-state index contributed by atoms with van der Waals surface area (Å²) >= 11 is 1.25. The van der Waals surface area contributed by atoms with Crippen LogP contribution in [0.5, 0.6) is 0 Å².